The zero-order valence-electron chi connectivity index (χ0n) is 15.0. The van der Waals surface area contributed by atoms with Gasteiger partial charge in [0.2, 0.25) is 5.88 Å². The number of aliphatic carboxylic acids is 2. The largest absolute Gasteiger partial charge is 0.478 e. The van der Waals surface area contributed by atoms with Gasteiger partial charge in [-0.3, -0.25) is 0 Å². The van der Waals surface area contributed by atoms with E-state index >= 15 is 0 Å². The Labute approximate surface area is 156 Å². The summed E-state index contributed by atoms with van der Waals surface area (Å²) in [5.41, 5.74) is 0. The summed E-state index contributed by atoms with van der Waals surface area (Å²) in [5, 5.41) is 29.3. The molecule has 10 heteroatoms. The zero-order valence-corrected chi connectivity index (χ0v) is 15.8. The predicted molar refractivity (Wildman–Crippen MR) is 97.5 cm³/mol. The van der Waals surface area contributed by atoms with Crippen LogP contribution in [0.25, 0.3) is 0 Å². The van der Waals surface area contributed by atoms with Crippen LogP contribution in [0.1, 0.15) is 20.8 Å². The van der Waals surface area contributed by atoms with Crippen LogP contribution in [0.4, 0.5) is 0 Å². The summed E-state index contributed by atoms with van der Waals surface area (Å²) < 4.78 is 5.50. The number of carboxylic acids is 2. The van der Waals surface area contributed by atoms with Gasteiger partial charge in [-0.05, 0) is 5.75 Å². The van der Waals surface area contributed by atoms with E-state index in [1.54, 1.807) is 24.2 Å². The first-order valence-electron chi connectivity index (χ1n) is 7.88. The van der Waals surface area contributed by atoms with Gasteiger partial charge in [0, 0.05) is 37.1 Å². The zero-order chi connectivity index (χ0) is 19.9. The molecule has 1 rings (SSSR count). The van der Waals surface area contributed by atoms with Gasteiger partial charge >= 0.3 is 11.9 Å². The molecule has 0 fully saturated rings. The van der Waals surface area contributed by atoms with E-state index in [4.69, 9.17) is 14.9 Å². The minimum absolute atomic E-state index is 0.218. The summed E-state index contributed by atoms with van der Waals surface area (Å²) in [7, 11) is 0. The Morgan fingerprint density at radius 1 is 1.23 bits per heavy atom. The van der Waals surface area contributed by atoms with Gasteiger partial charge < -0.3 is 25.4 Å². The molecule has 1 heterocycles. The highest BCUT2D eigenvalue weighted by atomic mass is 32.2. The van der Waals surface area contributed by atoms with Crippen molar-refractivity contribution in [2.75, 3.05) is 18.9 Å². The minimum Gasteiger partial charge on any atom is -0.478 e. The fraction of sp³-hybridized carbons (Fsp3) is 0.500. The van der Waals surface area contributed by atoms with E-state index in [1.807, 2.05) is 20.8 Å². The molecule has 1 unspecified atom stereocenters. The quantitative estimate of drug-likeness (QED) is 0.340. The minimum atomic E-state index is -1.26. The number of nitrogens with zero attached hydrogens (tertiary/aromatic N) is 2. The van der Waals surface area contributed by atoms with E-state index in [-0.39, 0.29) is 6.61 Å². The number of nitrogens with one attached hydrogen (secondary N) is 1. The van der Waals surface area contributed by atoms with Gasteiger partial charge in [-0.25, -0.2) is 19.6 Å². The fourth-order valence-electron chi connectivity index (χ4n) is 1.40. The molecule has 0 radical (unpaired) electrons. The Hall–Kier alpha value is -2.17. The Balaban J connectivity index is 0.000000660. The number of rotatable bonds is 10. The molecule has 1 aromatic rings. The normalized spacial score (nSPS) is 11.7. The number of aliphatic hydroxyl groups excluding tert-OH is 1. The van der Waals surface area contributed by atoms with E-state index in [0.29, 0.717) is 30.6 Å². The lowest BCUT2D eigenvalue weighted by Gasteiger charge is -2.15. The Kier molecular flexibility index (Phi) is 12.9. The lowest BCUT2D eigenvalue weighted by molar-refractivity contribution is -0.134. The number of aromatic nitrogens is 2. The highest BCUT2D eigenvalue weighted by molar-refractivity contribution is 7.99. The third-order valence-electron chi connectivity index (χ3n) is 2.46. The maximum atomic E-state index is 9.74. The summed E-state index contributed by atoms with van der Waals surface area (Å²) in [6.07, 6.45) is 3.80. The second kappa shape index (κ2) is 14.0. The first-order chi connectivity index (χ1) is 12.3. The van der Waals surface area contributed by atoms with E-state index in [2.05, 4.69) is 15.3 Å². The molecule has 0 aliphatic carbocycles. The Morgan fingerprint density at radius 2 is 1.81 bits per heavy atom. The molecular formula is C16H25N3O6S. The third-order valence-corrected chi connectivity index (χ3v) is 3.30. The molecule has 4 N–H and O–H groups in total. The molecule has 0 spiro atoms. The number of hydrogen-bond acceptors (Lipinski definition) is 8. The molecule has 9 nitrogen and oxygen atoms in total. The van der Waals surface area contributed by atoms with Crippen LogP contribution in [-0.4, -0.2) is 68.3 Å². The molecule has 0 aromatic carbocycles. The van der Waals surface area contributed by atoms with E-state index in [1.165, 1.54) is 0 Å². The molecule has 146 valence electrons. The first-order valence-corrected chi connectivity index (χ1v) is 8.86. The van der Waals surface area contributed by atoms with Crippen molar-refractivity contribution in [3.05, 3.63) is 24.5 Å². The summed E-state index contributed by atoms with van der Waals surface area (Å²) in [5.74, 6) is -1.11. The molecule has 26 heavy (non-hydrogen) atoms. The van der Waals surface area contributed by atoms with Gasteiger partial charge in [0.05, 0.1) is 0 Å². The Bertz CT molecular complexity index is 567. The van der Waals surface area contributed by atoms with Gasteiger partial charge in [-0.2, -0.15) is 0 Å². The monoisotopic (exact) mass is 387 g/mol. The second-order valence-electron chi connectivity index (χ2n) is 5.14. The van der Waals surface area contributed by atoms with Crippen LogP contribution in [0, 0.1) is 0 Å². The summed E-state index contributed by atoms with van der Waals surface area (Å²) in [4.78, 5) is 27.4. The van der Waals surface area contributed by atoms with E-state index in [9.17, 15) is 14.7 Å². The van der Waals surface area contributed by atoms with Crippen LogP contribution >= 0.6 is 11.8 Å². The van der Waals surface area contributed by atoms with E-state index < -0.39 is 18.0 Å². The van der Waals surface area contributed by atoms with Crippen molar-refractivity contribution in [2.24, 2.45) is 0 Å². The topological polar surface area (TPSA) is 142 Å². The molecule has 0 amide bonds. The molecule has 0 saturated carbocycles. The standard InChI is InChI=1S/C12H21N3O2S.C4H4O4/c1-4-18-12-11(13-5-6-14-12)17-8-10(16)7-15-9(2)3;5-3(6)1-2-4(7)8/h5-6,9-10,15-16H,4,7-8H2,1-3H3;1-2H,(H,5,6)(H,7,8)/b;2-1+. The highest BCUT2D eigenvalue weighted by Crippen LogP contribution is 2.23. The maximum Gasteiger partial charge on any atom is 0.328 e. The van der Waals surface area contributed by atoms with Gasteiger partial charge in [-0.1, -0.05) is 20.8 Å². The lowest BCUT2D eigenvalue weighted by Crippen LogP contribution is -2.35. The van der Waals surface area contributed by atoms with Crippen molar-refractivity contribution in [1.29, 1.82) is 0 Å². The van der Waals surface area contributed by atoms with Crippen molar-refractivity contribution in [1.82, 2.24) is 15.3 Å². The van der Waals surface area contributed by atoms with Crippen molar-refractivity contribution < 1.29 is 29.6 Å². The molecule has 1 aromatic heterocycles. The molecular weight excluding hydrogens is 362 g/mol. The smallest absolute Gasteiger partial charge is 0.328 e. The predicted octanol–water partition coefficient (Wildman–Crippen LogP) is 1.04. The molecule has 0 saturated heterocycles. The van der Waals surface area contributed by atoms with Crippen molar-refractivity contribution >= 4 is 23.7 Å². The first kappa shape index (κ1) is 23.8. The average Bonchev–Trinajstić information content (AvgIpc) is 2.58. The average molecular weight is 387 g/mol. The van der Waals surface area contributed by atoms with Gasteiger partial charge in [0.1, 0.15) is 12.7 Å². The Morgan fingerprint density at radius 3 is 2.31 bits per heavy atom. The summed E-state index contributed by atoms with van der Waals surface area (Å²) in [6, 6.07) is 0.349. The number of thioether (sulfide) groups is 1. The maximum absolute atomic E-state index is 9.74. The van der Waals surface area contributed by atoms with Crippen molar-refractivity contribution in [2.45, 2.75) is 37.9 Å². The fourth-order valence-corrected chi connectivity index (χ4v) is 2.04. The third kappa shape index (κ3) is 13.2. The molecule has 0 aliphatic heterocycles. The highest BCUT2D eigenvalue weighted by Gasteiger charge is 2.10. The van der Waals surface area contributed by atoms with Crippen LogP contribution < -0.4 is 10.1 Å². The molecule has 0 aliphatic rings. The lowest BCUT2D eigenvalue weighted by atomic mass is 10.3. The number of aliphatic hydroxyl groups is 1. The van der Waals surface area contributed by atoms with Gasteiger partial charge in [-0.15, -0.1) is 11.8 Å². The van der Waals surface area contributed by atoms with E-state index in [0.717, 1.165) is 10.8 Å². The second-order valence-corrected chi connectivity index (χ2v) is 6.39. The van der Waals surface area contributed by atoms with Crippen LogP contribution in [0.15, 0.2) is 29.6 Å². The van der Waals surface area contributed by atoms with Crippen LogP contribution in [0.5, 0.6) is 5.88 Å². The number of ether oxygens (including phenoxy) is 1. The summed E-state index contributed by atoms with van der Waals surface area (Å²) in [6.45, 7) is 6.84. The van der Waals surface area contributed by atoms with Crippen LogP contribution in [0.2, 0.25) is 0 Å². The molecule has 0 bridgehead atoms. The van der Waals surface area contributed by atoms with Crippen LogP contribution in [0.3, 0.4) is 0 Å². The number of carbonyl (C=O) groups is 2. The number of hydrogen-bond donors (Lipinski definition) is 4. The van der Waals surface area contributed by atoms with Gasteiger partial charge in [0.25, 0.3) is 0 Å². The molecule has 1 atom stereocenters. The van der Waals surface area contributed by atoms with Crippen LogP contribution in [-0.2, 0) is 9.59 Å². The van der Waals surface area contributed by atoms with Crippen molar-refractivity contribution in [3.63, 3.8) is 0 Å². The van der Waals surface area contributed by atoms with Crippen molar-refractivity contribution in [3.8, 4) is 5.88 Å². The van der Waals surface area contributed by atoms with Gasteiger partial charge in [0.15, 0.2) is 5.03 Å². The number of carboxylic acid groups (broad SMARTS) is 2. The SMILES string of the molecule is CCSc1nccnc1OCC(O)CNC(C)C.O=C(O)/C=C/C(=O)O. The summed E-state index contributed by atoms with van der Waals surface area (Å²) >= 11 is 1.58.